The lowest BCUT2D eigenvalue weighted by Crippen LogP contribution is -2.27. The first-order chi connectivity index (χ1) is 31.5. The van der Waals surface area contributed by atoms with Gasteiger partial charge in [-0.15, -0.1) is 20.5 Å². The number of carboxylic acids is 4. The zero-order chi connectivity index (χ0) is 49.7. The van der Waals surface area contributed by atoms with Gasteiger partial charge in [-0.3, -0.25) is 19.1 Å². The number of alkyl halides is 3. The fraction of sp³-hybridized carbons (Fsp3) is 0.132. The highest BCUT2D eigenvalue weighted by Crippen LogP contribution is 2.46. The molecule has 0 fully saturated rings. The van der Waals surface area contributed by atoms with Crippen LogP contribution in [0.1, 0.15) is 65.0 Å². The van der Waals surface area contributed by atoms with Crippen LogP contribution in [0, 0.1) is 17.9 Å². The van der Waals surface area contributed by atoms with Crippen LogP contribution >= 0.6 is 0 Å². The Hall–Kier alpha value is -10.1. The molecule has 0 aliphatic carbocycles. The van der Waals surface area contributed by atoms with Gasteiger partial charge in [0.25, 0.3) is 16.8 Å². The summed E-state index contributed by atoms with van der Waals surface area (Å²) >= 11 is 0. The average molecular weight is 930 g/mol. The largest absolute Gasteiger partial charge is 0.502 e. The first-order valence-electron chi connectivity index (χ1n) is 18.1. The van der Waals surface area contributed by atoms with Crippen molar-refractivity contribution in [3.63, 3.8) is 0 Å². The highest BCUT2D eigenvalue weighted by Gasteiger charge is 2.41. The number of nitrogens with one attached hydrogen (secondary N) is 3. The van der Waals surface area contributed by atoms with Gasteiger partial charge < -0.3 is 41.3 Å². The molecule has 26 nitrogen and oxygen atoms in total. The Morgan fingerprint density at radius 2 is 1.42 bits per heavy atom. The Kier molecular flexibility index (Phi) is 13.7. The van der Waals surface area contributed by atoms with Crippen molar-refractivity contribution in [1.82, 2.24) is 24.1 Å². The summed E-state index contributed by atoms with van der Waals surface area (Å²) in [5, 5.41) is 88.3. The third-order valence-electron chi connectivity index (χ3n) is 8.95. The Bertz CT molecular complexity index is 3290. The minimum atomic E-state index is -5.60. The van der Waals surface area contributed by atoms with Crippen LogP contribution in [0.4, 0.5) is 53.5 Å². The van der Waals surface area contributed by atoms with E-state index in [-0.39, 0.29) is 22.1 Å². The van der Waals surface area contributed by atoms with Crippen LogP contribution in [0.3, 0.4) is 0 Å². The number of H-pyrrole nitrogens is 1. The van der Waals surface area contributed by atoms with Crippen molar-refractivity contribution >= 4 is 70.0 Å². The monoisotopic (exact) mass is 929 g/mol. The van der Waals surface area contributed by atoms with E-state index >= 15 is 0 Å². The summed E-state index contributed by atoms with van der Waals surface area (Å²) in [5.41, 5.74) is -14.2. The molecule has 3 heterocycles. The number of hydrogen-bond acceptors (Lipinski definition) is 18. The van der Waals surface area contributed by atoms with Gasteiger partial charge in [-0.25, -0.2) is 33.4 Å². The highest BCUT2D eigenvalue weighted by molar-refractivity contribution is 5.97. The third kappa shape index (κ3) is 9.94. The quantitative estimate of drug-likeness (QED) is 0.0454. The summed E-state index contributed by atoms with van der Waals surface area (Å²) in [7, 11) is 0. The number of halogens is 3. The molecule has 342 valence electrons. The number of pyridine rings is 2. The molecule has 0 bridgehead atoms. The lowest BCUT2D eigenvalue weighted by atomic mass is 10.1. The molecule has 0 saturated carbocycles. The number of aromatic hydroxyl groups is 2. The van der Waals surface area contributed by atoms with Crippen LogP contribution in [0.15, 0.2) is 77.8 Å². The van der Waals surface area contributed by atoms with Crippen molar-refractivity contribution in [2.45, 2.75) is 26.1 Å². The van der Waals surface area contributed by atoms with E-state index in [4.69, 9.17) is 6.57 Å². The zero-order valence-corrected chi connectivity index (χ0v) is 33.4. The summed E-state index contributed by atoms with van der Waals surface area (Å²) in [6.07, 6.45) is -5.68. The molecule has 9 N–H and O–H groups in total. The van der Waals surface area contributed by atoms with Crippen LogP contribution in [0.2, 0.25) is 0 Å². The Labute approximate surface area is 368 Å². The van der Waals surface area contributed by atoms with Gasteiger partial charge in [0.1, 0.15) is 28.8 Å². The minimum absolute atomic E-state index is 0.0154. The number of carboxylic acid groups (broad SMARTS) is 4. The molecule has 2 aromatic carbocycles. The van der Waals surface area contributed by atoms with Gasteiger partial charge in [0.05, 0.1) is 34.4 Å². The number of carbonyl (C=O) groups is 4. The van der Waals surface area contributed by atoms with Crippen LogP contribution < -0.4 is 27.4 Å². The van der Waals surface area contributed by atoms with Gasteiger partial charge in [-0.1, -0.05) is 13.5 Å². The minimum Gasteiger partial charge on any atom is -0.502 e. The second kappa shape index (κ2) is 19.1. The van der Waals surface area contributed by atoms with Crippen LogP contribution in [-0.4, -0.2) is 85.1 Å². The van der Waals surface area contributed by atoms with E-state index in [0.29, 0.717) is 10.6 Å². The normalized spacial score (nSPS) is 11.3. The fourth-order valence-corrected chi connectivity index (χ4v) is 5.93. The highest BCUT2D eigenvalue weighted by atomic mass is 19.4. The molecule has 0 amide bonds. The van der Waals surface area contributed by atoms with Crippen LogP contribution in [0.5, 0.6) is 11.8 Å². The number of benzene rings is 2. The van der Waals surface area contributed by atoms with E-state index in [1.807, 2.05) is 0 Å². The van der Waals surface area contributed by atoms with Crippen molar-refractivity contribution in [3.05, 3.63) is 125 Å². The number of nitrogens with zero attached hydrogens (tertiary/aromatic N) is 10. The Morgan fingerprint density at radius 3 is 1.90 bits per heavy atom. The van der Waals surface area contributed by atoms with Crippen LogP contribution in [-0.2, 0) is 19.1 Å². The molecule has 0 atom stereocenters. The predicted molar refractivity (Wildman–Crippen MR) is 219 cm³/mol. The summed E-state index contributed by atoms with van der Waals surface area (Å²) in [6, 6.07) is 6.76. The molecule has 0 saturated heterocycles. The summed E-state index contributed by atoms with van der Waals surface area (Å²) in [4.78, 5) is 98.5. The second-order valence-corrected chi connectivity index (χ2v) is 13.0. The molecule has 5 aromatic rings. The molecule has 0 unspecified atom stereocenters. The number of aromatic nitrogens is 5. The maximum Gasteiger partial charge on any atom is 0.409 e. The van der Waals surface area contributed by atoms with E-state index < -0.39 is 146 Å². The average Bonchev–Trinajstić information content (AvgIpc) is 3.25. The Balaban J connectivity index is 1.49. The van der Waals surface area contributed by atoms with Crippen molar-refractivity contribution in [3.8, 4) is 17.8 Å². The van der Waals surface area contributed by atoms with Gasteiger partial charge in [0.15, 0.2) is 11.4 Å². The molecular formula is C38H26F3N13O13. The lowest BCUT2D eigenvalue weighted by molar-refractivity contribution is -0.136. The van der Waals surface area contributed by atoms with Gasteiger partial charge in [0, 0.05) is 18.7 Å². The maximum atomic E-state index is 14.4. The Morgan fingerprint density at radius 1 is 0.866 bits per heavy atom. The van der Waals surface area contributed by atoms with E-state index in [0.717, 1.165) is 30.3 Å². The lowest BCUT2D eigenvalue weighted by Gasteiger charge is -2.18. The van der Waals surface area contributed by atoms with E-state index in [1.165, 1.54) is 6.92 Å². The van der Waals surface area contributed by atoms with E-state index in [9.17, 15) is 82.6 Å². The molecular weight excluding hydrogens is 903 g/mol. The third-order valence-corrected chi connectivity index (χ3v) is 8.95. The molecule has 29 heteroatoms. The summed E-state index contributed by atoms with van der Waals surface area (Å²) in [6.45, 7) is 11.3. The predicted octanol–water partition coefficient (Wildman–Crippen LogP) is 5.18. The maximum absolute atomic E-state index is 14.4. The number of aromatic carboxylic acids is 4. The number of rotatable bonds is 16. The standard InChI is InChI=1S/C38H26F3N13O13/c1-4-17-20(13-42)27(55)53(28(56)24(17)51-49-21-11-15(31(59)60)5-7-18(21)33(63)64)10-9-44-35-46-36(48-37(67)47-35)45-14(2)54-29(57)25(43-3)23(38(39,40)41)26(30(54)58)52-50-22-12-16(32(61)62)6-8-19(22)34(65)66/h5-8,11-12,55,57H,2,4,9-10H2,1H3,(H,59,60)(H,61,62)(H,63,64)(H,65,66)(H3,44,45,46,47,48,67). The molecule has 67 heavy (non-hydrogen) atoms. The molecule has 0 aliphatic heterocycles. The van der Waals surface area contributed by atoms with Gasteiger partial charge in [-0.2, -0.15) is 28.4 Å². The number of hydrogen-bond donors (Lipinski definition) is 9. The first-order valence-corrected chi connectivity index (χ1v) is 18.1. The second-order valence-electron chi connectivity index (χ2n) is 13.0. The van der Waals surface area contributed by atoms with Gasteiger partial charge >= 0.3 is 35.7 Å². The van der Waals surface area contributed by atoms with Crippen molar-refractivity contribution < 1.29 is 63.0 Å². The fourth-order valence-electron chi connectivity index (χ4n) is 5.93. The van der Waals surface area contributed by atoms with E-state index in [2.05, 4.69) is 57.5 Å². The topological polar surface area (TPSA) is 394 Å². The van der Waals surface area contributed by atoms with Crippen LogP contribution in [0.25, 0.3) is 10.7 Å². The van der Waals surface area contributed by atoms with Crippen molar-refractivity contribution in [2.24, 2.45) is 20.5 Å². The number of anilines is 2. The van der Waals surface area contributed by atoms with Gasteiger partial charge in [-0.05, 0) is 42.8 Å². The SMILES string of the molecule is [C-]#[N+]c1c(C(F)(F)F)c(N=Nc2cc(C(=O)O)ccc2C(=O)O)c(=O)n(C(=C)Nc2nc(NCCn3c(O)c(C#N)c(CC)c(N=Nc4cc(C(=O)O)ccc4C(=O)O)c3=O)nc(=O)[nH]2)c1O. The summed E-state index contributed by atoms with van der Waals surface area (Å²) < 4.78 is 43.7. The van der Waals surface area contributed by atoms with Crippen molar-refractivity contribution in [1.29, 1.82) is 5.26 Å². The number of azo groups is 2. The number of nitriles is 1. The molecule has 0 aliphatic rings. The molecule has 3 aromatic heterocycles. The zero-order valence-electron chi connectivity index (χ0n) is 33.4. The number of aromatic amines is 1. The molecule has 0 spiro atoms. The van der Waals surface area contributed by atoms with E-state index in [1.54, 1.807) is 6.07 Å². The van der Waals surface area contributed by atoms with Crippen molar-refractivity contribution in [2.75, 3.05) is 17.2 Å². The molecule has 0 radical (unpaired) electrons. The summed E-state index contributed by atoms with van der Waals surface area (Å²) in [5.74, 6) is -11.0. The van der Waals surface area contributed by atoms with Gasteiger partial charge in [0.2, 0.25) is 23.7 Å². The smallest absolute Gasteiger partial charge is 0.409 e. The molecule has 5 rings (SSSR count). The first kappa shape index (κ1) is 48.0.